The quantitative estimate of drug-likeness (QED) is 0.830. The van der Waals surface area contributed by atoms with Crippen molar-refractivity contribution in [3.05, 3.63) is 35.4 Å². The van der Waals surface area contributed by atoms with Gasteiger partial charge < -0.3 is 10.4 Å². The zero-order chi connectivity index (χ0) is 14.4. The number of carbonyl (C=O) groups is 1. The molecule has 1 aromatic rings. The van der Waals surface area contributed by atoms with Gasteiger partial charge in [0.15, 0.2) is 0 Å². The first kappa shape index (κ1) is 15.0. The minimum absolute atomic E-state index is 0.0737. The molecule has 0 aliphatic heterocycles. The van der Waals surface area contributed by atoms with Crippen LogP contribution in [0, 0.1) is 12.8 Å². The lowest BCUT2D eigenvalue weighted by atomic mass is 9.95. The predicted octanol–water partition coefficient (Wildman–Crippen LogP) is 2.59. The van der Waals surface area contributed by atoms with Gasteiger partial charge in [-0.2, -0.15) is 0 Å². The van der Waals surface area contributed by atoms with E-state index in [1.807, 2.05) is 31.2 Å². The molecule has 0 heterocycles. The summed E-state index contributed by atoms with van der Waals surface area (Å²) in [5, 5.41) is 12.6. The van der Waals surface area contributed by atoms with Crippen LogP contribution < -0.4 is 5.32 Å². The highest BCUT2D eigenvalue weighted by Crippen LogP contribution is 2.23. The largest absolute Gasteiger partial charge is 0.396 e. The fourth-order valence-electron chi connectivity index (χ4n) is 3.03. The Balaban J connectivity index is 1.94. The van der Waals surface area contributed by atoms with E-state index in [9.17, 15) is 9.90 Å². The summed E-state index contributed by atoms with van der Waals surface area (Å²) in [5.41, 5.74) is 2.24. The van der Waals surface area contributed by atoms with Crippen LogP contribution >= 0.6 is 0 Å². The molecule has 1 aromatic carbocycles. The molecule has 1 amide bonds. The van der Waals surface area contributed by atoms with Crippen LogP contribution in [0.1, 0.15) is 43.2 Å². The first-order chi connectivity index (χ1) is 9.70. The highest BCUT2D eigenvalue weighted by atomic mass is 16.3. The molecule has 3 heteroatoms. The summed E-state index contributed by atoms with van der Waals surface area (Å²) in [5.74, 6) is 0.294. The second-order valence-corrected chi connectivity index (χ2v) is 5.86. The third kappa shape index (κ3) is 4.07. The number of rotatable bonds is 4. The van der Waals surface area contributed by atoms with Gasteiger partial charge in [0.2, 0.25) is 5.91 Å². The van der Waals surface area contributed by atoms with Crippen molar-refractivity contribution in [2.75, 3.05) is 6.61 Å². The molecule has 0 bridgehead atoms. The van der Waals surface area contributed by atoms with Gasteiger partial charge in [0.05, 0.1) is 6.42 Å². The van der Waals surface area contributed by atoms with Gasteiger partial charge in [-0.05, 0) is 30.9 Å². The maximum Gasteiger partial charge on any atom is 0.224 e. The molecule has 1 saturated carbocycles. The number of nitrogens with one attached hydrogen (secondary N) is 1. The third-order valence-corrected chi connectivity index (χ3v) is 4.35. The van der Waals surface area contributed by atoms with Gasteiger partial charge in [-0.3, -0.25) is 4.79 Å². The molecular formula is C17H25NO2. The van der Waals surface area contributed by atoms with Crippen molar-refractivity contribution in [2.24, 2.45) is 5.92 Å². The average Bonchev–Trinajstić information content (AvgIpc) is 2.66. The van der Waals surface area contributed by atoms with E-state index >= 15 is 0 Å². The van der Waals surface area contributed by atoms with Crippen molar-refractivity contribution in [3.63, 3.8) is 0 Å². The van der Waals surface area contributed by atoms with E-state index in [4.69, 9.17) is 0 Å². The Morgan fingerprint density at radius 2 is 2.00 bits per heavy atom. The van der Waals surface area contributed by atoms with E-state index in [0.29, 0.717) is 6.42 Å². The number of hydrogen-bond acceptors (Lipinski definition) is 2. The van der Waals surface area contributed by atoms with Crippen LogP contribution in [-0.2, 0) is 11.2 Å². The number of aryl methyl sites for hydroxylation is 1. The van der Waals surface area contributed by atoms with E-state index in [1.54, 1.807) is 0 Å². The fraction of sp³-hybridized carbons (Fsp3) is 0.588. The minimum Gasteiger partial charge on any atom is -0.396 e. The van der Waals surface area contributed by atoms with E-state index in [1.165, 1.54) is 6.42 Å². The number of benzene rings is 1. The molecule has 1 aliphatic carbocycles. The Kier molecular flexibility index (Phi) is 5.60. The van der Waals surface area contributed by atoms with E-state index in [0.717, 1.165) is 36.8 Å². The van der Waals surface area contributed by atoms with Crippen LogP contribution in [0.15, 0.2) is 24.3 Å². The van der Waals surface area contributed by atoms with Gasteiger partial charge in [-0.25, -0.2) is 0 Å². The second-order valence-electron chi connectivity index (χ2n) is 5.86. The summed E-state index contributed by atoms with van der Waals surface area (Å²) in [4.78, 5) is 12.2. The minimum atomic E-state index is 0.0737. The Bertz CT molecular complexity index is 444. The molecule has 2 rings (SSSR count). The Morgan fingerprint density at radius 3 is 2.75 bits per heavy atom. The molecular weight excluding hydrogens is 250 g/mol. The molecule has 0 saturated heterocycles. The van der Waals surface area contributed by atoms with E-state index in [-0.39, 0.29) is 24.5 Å². The SMILES string of the molecule is Cc1ccccc1CC(=O)NC1CCCCCC1CO. The maximum absolute atomic E-state index is 12.2. The topological polar surface area (TPSA) is 49.3 Å². The van der Waals surface area contributed by atoms with E-state index in [2.05, 4.69) is 5.32 Å². The van der Waals surface area contributed by atoms with Crippen LogP contribution in [0.4, 0.5) is 0 Å². The molecule has 0 spiro atoms. The first-order valence-corrected chi connectivity index (χ1v) is 7.65. The molecule has 2 atom stereocenters. The second kappa shape index (κ2) is 7.44. The monoisotopic (exact) mass is 275 g/mol. The summed E-state index contributed by atoms with van der Waals surface area (Å²) in [6.45, 7) is 2.21. The molecule has 0 radical (unpaired) electrons. The summed E-state index contributed by atoms with van der Waals surface area (Å²) in [7, 11) is 0. The van der Waals surface area contributed by atoms with Crippen LogP contribution in [0.3, 0.4) is 0 Å². The van der Waals surface area contributed by atoms with Crippen LogP contribution in [0.25, 0.3) is 0 Å². The van der Waals surface area contributed by atoms with Crippen molar-refractivity contribution in [3.8, 4) is 0 Å². The first-order valence-electron chi connectivity index (χ1n) is 7.65. The summed E-state index contributed by atoms with van der Waals surface area (Å²) in [6.07, 6.45) is 5.96. The van der Waals surface area contributed by atoms with Gasteiger partial charge in [0.25, 0.3) is 0 Å². The zero-order valence-corrected chi connectivity index (χ0v) is 12.3. The van der Waals surface area contributed by atoms with Crippen molar-refractivity contribution < 1.29 is 9.90 Å². The number of aliphatic hydroxyl groups excluding tert-OH is 1. The number of aliphatic hydroxyl groups is 1. The lowest BCUT2D eigenvalue weighted by Gasteiger charge is -2.24. The van der Waals surface area contributed by atoms with Gasteiger partial charge in [-0.1, -0.05) is 43.5 Å². The maximum atomic E-state index is 12.2. The zero-order valence-electron chi connectivity index (χ0n) is 12.3. The fourth-order valence-corrected chi connectivity index (χ4v) is 3.03. The Hall–Kier alpha value is -1.35. The Morgan fingerprint density at radius 1 is 1.25 bits per heavy atom. The summed E-state index contributed by atoms with van der Waals surface area (Å²) < 4.78 is 0. The number of hydrogen-bond donors (Lipinski definition) is 2. The van der Waals surface area contributed by atoms with Crippen molar-refractivity contribution in [1.82, 2.24) is 5.32 Å². The lowest BCUT2D eigenvalue weighted by molar-refractivity contribution is -0.121. The molecule has 110 valence electrons. The summed E-state index contributed by atoms with van der Waals surface area (Å²) in [6, 6.07) is 8.14. The standard InChI is InChI=1S/C17H25NO2/c1-13-7-5-6-8-14(13)11-17(20)18-16-10-4-2-3-9-15(16)12-19/h5-8,15-16,19H,2-4,9-12H2,1H3,(H,18,20). The predicted molar refractivity (Wildman–Crippen MR) is 80.5 cm³/mol. The molecule has 1 aliphatic rings. The number of amides is 1. The van der Waals surface area contributed by atoms with Gasteiger partial charge in [0.1, 0.15) is 0 Å². The van der Waals surface area contributed by atoms with Crippen LogP contribution in [-0.4, -0.2) is 23.7 Å². The van der Waals surface area contributed by atoms with Crippen LogP contribution in [0.5, 0.6) is 0 Å². The van der Waals surface area contributed by atoms with Gasteiger partial charge in [0, 0.05) is 18.6 Å². The average molecular weight is 275 g/mol. The smallest absolute Gasteiger partial charge is 0.224 e. The molecule has 0 aromatic heterocycles. The number of carbonyl (C=O) groups excluding carboxylic acids is 1. The van der Waals surface area contributed by atoms with Crippen molar-refractivity contribution in [1.29, 1.82) is 0 Å². The lowest BCUT2D eigenvalue weighted by Crippen LogP contribution is -2.41. The highest BCUT2D eigenvalue weighted by molar-refractivity contribution is 5.79. The summed E-state index contributed by atoms with van der Waals surface area (Å²) >= 11 is 0. The molecule has 2 unspecified atom stereocenters. The Labute approximate surface area is 121 Å². The third-order valence-electron chi connectivity index (χ3n) is 4.35. The molecule has 20 heavy (non-hydrogen) atoms. The van der Waals surface area contributed by atoms with E-state index < -0.39 is 0 Å². The van der Waals surface area contributed by atoms with Crippen molar-refractivity contribution >= 4 is 5.91 Å². The normalized spacial score (nSPS) is 23.1. The van der Waals surface area contributed by atoms with Gasteiger partial charge in [-0.15, -0.1) is 0 Å². The molecule has 3 nitrogen and oxygen atoms in total. The molecule has 2 N–H and O–H groups in total. The highest BCUT2D eigenvalue weighted by Gasteiger charge is 2.24. The van der Waals surface area contributed by atoms with Gasteiger partial charge >= 0.3 is 0 Å². The molecule has 1 fully saturated rings. The van der Waals surface area contributed by atoms with Crippen LogP contribution in [0.2, 0.25) is 0 Å². The van der Waals surface area contributed by atoms with Crippen molar-refractivity contribution in [2.45, 2.75) is 51.5 Å².